The summed E-state index contributed by atoms with van der Waals surface area (Å²) in [6.07, 6.45) is 1.10. The lowest BCUT2D eigenvalue weighted by molar-refractivity contribution is 0.116. The SMILES string of the molecule is CC1CC(C(NN)c2cc(Br)ccc2F)CO1. The first-order valence-electron chi connectivity index (χ1n) is 5.64. The predicted octanol–water partition coefficient (Wildman–Crippen LogP) is 2.52. The van der Waals surface area contributed by atoms with Crippen LogP contribution in [0.1, 0.15) is 24.9 Å². The Morgan fingerprint density at radius 2 is 2.35 bits per heavy atom. The average molecular weight is 303 g/mol. The third kappa shape index (κ3) is 2.85. The van der Waals surface area contributed by atoms with Crippen molar-refractivity contribution in [3.8, 4) is 0 Å². The minimum absolute atomic E-state index is 0.207. The van der Waals surface area contributed by atoms with Gasteiger partial charge in [-0.1, -0.05) is 15.9 Å². The number of hydrogen-bond acceptors (Lipinski definition) is 3. The zero-order valence-electron chi connectivity index (χ0n) is 9.62. The normalized spacial score (nSPS) is 26.1. The molecule has 0 aromatic heterocycles. The van der Waals surface area contributed by atoms with Crippen molar-refractivity contribution < 1.29 is 9.13 Å². The highest BCUT2D eigenvalue weighted by Gasteiger charge is 2.31. The minimum atomic E-state index is -0.240. The lowest BCUT2D eigenvalue weighted by Gasteiger charge is -2.22. The van der Waals surface area contributed by atoms with Crippen LogP contribution in [0, 0.1) is 11.7 Å². The fourth-order valence-electron chi connectivity index (χ4n) is 2.32. The van der Waals surface area contributed by atoms with Crippen molar-refractivity contribution in [1.29, 1.82) is 0 Å². The van der Waals surface area contributed by atoms with Crippen LogP contribution in [0.3, 0.4) is 0 Å². The van der Waals surface area contributed by atoms with E-state index in [1.807, 2.05) is 6.92 Å². The number of nitrogens with one attached hydrogen (secondary N) is 1. The molecule has 3 N–H and O–H groups in total. The lowest BCUT2D eigenvalue weighted by atomic mass is 9.91. The molecule has 17 heavy (non-hydrogen) atoms. The van der Waals surface area contributed by atoms with Gasteiger partial charge < -0.3 is 4.74 Å². The van der Waals surface area contributed by atoms with Gasteiger partial charge in [0, 0.05) is 16.0 Å². The summed E-state index contributed by atoms with van der Waals surface area (Å²) in [6.45, 7) is 2.63. The molecule has 3 nitrogen and oxygen atoms in total. The molecule has 0 bridgehead atoms. The molecule has 1 saturated heterocycles. The molecule has 1 heterocycles. The second-order valence-electron chi connectivity index (χ2n) is 4.45. The van der Waals surface area contributed by atoms with E-state index < -0.39 is 0 Å². The molecule has 94 valence electrons. The standard InChI is InChI=1S/C12H16BrFN2O/c1-7-4-8(6-17-7)12(16-15)10-5-9(13)2-3-11(10)14/h2-3,5,7-8,12,16H,4,6,15H2,1H3. The highest BCUT2D eigenvalue weighted by atomic mass is 79.9. The molecular weight excluding hydrogens is 287 g/mol. The van der Waals surface area contributed by atoms with Gasteiger partial charge >= 0.3 is 0 Å². The van der Waals surface area contributed by atoms with Crippen molar-refractivity contribution in [2.75, 3.05) is 6.61 Å². The largest absolute Gasteiger partial charge is 0.378 e. The van der Waals surface area contributed by atoms with E-state index in [1.54, 1.807) is 12.1 Å². The van der Waals surface area contributed by atoms with Gasteiger partial charge in [-0.2, -0.15) is 0 Å². The highest BCUT2D eigenvalue weighted by molar-refractivity contribution is 9.10. The summed E-state index contributed by atoms with van der Waals surface area (Å²) >= 11 is 3.35. The Morgan fingerprint density at radius 3 is 2.94 bits per heavy atom. The van der Waals surface area contributed by atoms with Crippen LogP contribution in [-0.2, 0) is 4.74 Å². The molecule has 3 atom stereocenters. The molecule has 1 aromatic carbocycles. The molecule has 3 unspecified atom stereocenters. The van der Waals surface area contributed by atoms with Crippen molar-refractivity contribution in [2.24, 2.45) is 11.8 Å². The van der Waals surface area contributed by atoms with Gasteiger partial charge in [-0.05, 0) is 31.5 Å². The highest BCUT2D eigenvalue weighted by Crippen LogP contribution is 2.33. The molecule has 0 amide bonds. The number of halogens is 2. The molecule has 0 saturated carbocycles. The Kier molecular flexibility index (Phi) is 4.14. The van der Waals surface area contributed by atoms with Crippen LogP contribution in [0.5, 0.6) is 0 Å². The van der Waals surface area contributed by atoms with E-state index in [1.165, 1.54) is 6.07 Å². The van der Waals surface area contributed by atoms with E-state index in [9.17, 15) is 4.39 Å². The van der Waals surface area contributed by atoms with E-state index >= 15 is 0 Å². The first-order valence-corrected chi connectivity index (χ1v) is 6.43. The van der Waals surface area contributed by atoms with E-state index in [0.29, 0.717) is 12.2 Å². The van der Waals surface area contributed by atoms with E-state index in [4.69, 9.17) is 10.6 Å². The van der Waals surface area contributed by atoms with Gasteiger partial charge in [0.1, 0.15) is 5.82 Å². The monoisotopic (exact) mass is 302 g/mol. The maximum Gasteiger partial charge on any atom is 0.128 e. The van der Waals surface area contributed by atoms with Crippen molar-refractivity contribution in [3.05, 3.63) is 34.1 Å². The fourth-order valence-corrected chi connectivity index (χ4v) is 2.69. The maximum absolute atomic E-state index is 13.8. The van der Waals surface area contributed by atoms with Gasteiger partial charge in [0.2, 0.25) is 0 Å². The van der Waals surface area contributed by atoms with Crippen molar-refractivity contribution in [1.82, 2.24) is 5.43 Å². The van der Waals surface area contributed by atoms with Crippen LogP contribution < -0.4 is 11.3 Å². The zero-order chi connectivity index (χ0) is 12.4. The molecule has 0 radical (unpaired) electrons. The number of ether oxygens (including phenoxy) is 1. The maximum atomic E-state index is 13.8. The molecule has 0 spiro atoms. The van der Waals surface area contributed by atoms with Crippen molar-refractivity contribution in [2.45, 2.75) is 25.5 Å². The molecule has 1 fully saturated rings. The number of rotatable bonds is 3. The fraction of sp³-hybridized carbons (Fsp3) is 0.500. The third-order valence-electron chi connectivity index (χ3n) is 3.17. The Bertz CT molecular complexity index is 402. The van der Waals surface area contributed by atoms with Gasteiger partial charge in [0.15, 0.2) is 0 Å². The summed E-state index contributed by atoms with van der Waals surface area (Å²) in [5.74, 6) is 5.53. The Balaban J connectivity index is 2.25. The number of hydrogen-bond donors (Lipinski definition) is 2. The van der Waals surface area contributed by atoms with Gasteiger partial charge in [0.05, 0.1) is 18.8 Å². The Labute approximate surface area is 109 Å². The third-order valence-corrected chi connectivity index (χ3v) is 3.67. The molecule has 1 aromatic rings. The van der Waals surface area contributed by atoms with Gasteiger partial charge in [0.25, 0.3) is 0 Å². The van der Waals surface area contributed by atoms with Crippen LogP contribution in [0.25, 0.3) is 0 Å². The summed E-state index contributed by atoms with van der Waals surface area (Å²) in [6, 6.07) is 4.68. The molecule has 5 heteroatoms. The van der Waals surface area contributed by atoms with Crippen molar-refractivity contribution in [3.63, 3.8) is 0 Å². The summed E-state index contributed by atoms with van der Waals surface area (Å²) < 4.78 is 20.2. The molecule has 2 rings (SSSR count). The quantitative estimate of drug-likeness (QED) is 0.666. The topological polar surface area (TPSA) is 47.3 Å². The zero-order valence-corrected chi connectivity index (χ0v) is 11.2. The average Bonchev–Trinajstić information content (AvgIpc) is 2.71. The Morgan fingerprint density at radius 1 is 1.59 bits per heavy atom. The van der Waals surface area contributed by atoms with Gasteiger partial charge in [-0.3, -0.25) is 11.3 Å². The van der Waals surface area contributed by atoms with Crippen LogP contribution in [0.2, 0.25) is 0 Å². The Hall–Kier alpha value is -0.490. The lowest BCUT2D eigenvalue weighted by Crippen LogP contribution is -2.34. The van der Waals surface area contributed by atoms with Crippen LogP contribution >= 0.6 is 15.9 Å². The minimum Gasteiger partial charge on any atom is -0.378 e. The molecular formula is C12H16BrFN2O. The molecule has 0 aliphatic carbocycles. The van der Waals surface area contributed by atoms with Crippen LogP contribution in [0.15, 0.2) is 22.7 Å². The summed E-state index contributed by atoms with van der Waals surface area (Å²) in [4.78, 5) is 0. The number of hydrazine groups is 1. The van der Waals surface area contributed by atoms with E-state index in [2.05, 4.69) is 21.4 Å². The van der Waals surface area contributed by atoms with Gasteiger partial charge in [-0.25, -0.2) is 4.39 Å². The summed E-state index contributed by atoms with van der Waals surface area (Å²) in [7, 11) is 0. The summed E-state index contributed by atoms with van der Waals surface area (Å²) in [5.41, 5.74) is 3.30. The van der Waals surface area contributed by atoms with Crippen molar-refractivity contribution >= 4 is 15.9 Å². The summed E-state index contributed by atoms with van der Waals surface area (Å²) in [5, 5.41) is 0. The second kappa shape index (κ2) is 5.44. The second-order valence-corrected chi connectivity index (χ2v) is 5.37. The predicted molar refractivity (Wildman–Crippen MR) is 67.7 cm³/mol. The number of benzene rings is 1. The van der Waals surface area contributed by atoms with E-state index in [-0.39, 0.29) is 23.9 Å². The first-order chi connectivity index (χ1) is 8.11. The first kappa shape index (κ1) is 13.0. The van der Waals surface area contributed by atoms with E-state index in [0.717, 1.165) is 10.9 Å². The van der Waals surface area contributed by atoms with Gasteiger partial charge in [-0.15, -0.1) is 0 Å². The van der Waals surface area contributed by atoms with Crippen LogP contribution in [0.4, 0.5) is 4.39 Å². The smallest absolute Gasteiger partial charge is 0.128 e. The van der Waals surface area contributed by atoms with Crippen LogP contribution in [-0.4, -0.2) is 12.7 Å². The molecule has 1 aliphatic rings. The molecule has 1 aliphatic heterocycles. The number of nitrogens with two attached hydrogens (primary N) is 1.